The predicted molar refractivity (Wildman–Crippen MR) is 93.6 cm³/mol. The maximum Gasteiger partial charge on any atom is 0.351 e. The summed E-state index contributed by atoms with van der Waals surface area (Å²) in [6, 6.07) is 14.6. The van der Waals surface area contributed by atoms with E-state index < -0.39 is 12.1 Å². The molecule has 0 N–H and O–H groups in total. The summed E-state index contributed by atoms with van der Waals surface area (Å²) < 4.78 is 22.4. The zero-order valence-electron chi connectivity index (χ0n) is 13.4. The molecule has 26 heavy (non-hydrogen) atoms. The number of fused-ring (bicyclic) bond motifs is 1. The molecule has 0 saturated carbocycles. The molecule has 0 amide bonds. The highest BCUT2D eigenvalue weighted by atomic mass is 79.9. The number of aromatic nitrogens is 2. The number of benzene rings is 2. The van der Waals surface area contributed by atoms with Crippen molar-refractivity contribution in [3.8, 4) is 22.9 Å². The molecule has 2 heterocycles. The van der Waals surface area contributed by atoms with Crippen molar-refractivity contribution in [2.75, 3.05) is 6.61 Å². The maximum absolute atomic E-state index is 12.2. The SMILES string of the molecule is O=C(OCc1nc(-c2ccc(Br)cc2)no1)[C@H]1COc2ccccc2O1. The van der Waals surface area contributed by atoms with E-state index in [0.29, 0.717) is 17.3 Å². The van der Waals surface area contributed by atoms with E-state index in [-0.39, 0.29) is 19.1 Å². The first kappa shape index (κ1) is 16.6. The Labute approximate surface area is 157 Å². The van der Waals surface area contributed by atoms with Gasteiger partial charge < -0.3 is 18.7 Å². The Morgan fingerprint density at radius 3 is 2.73 bits per heavy atom. The van der Waals surface area contributed by atoms with Gasteiger partial charge in [0.15, 0.2) is 18.1 Å². The van der Waals surface area contributed by atoms with Gasteiger partial charge in [0.2, 0.25) is 11.9 Å². The van der Waals surface area contributed by atoms with Crippen molar-refractivity contribution in [2.24, 2.45) is 0 Å². The number of carbonyl (C=O) groups excluding carboxylic acids is 1. The number of carbonyl (C=O) groups is 1. The van der Waals surface area contributed by atoms with Crippen LogP contribution in [0.15, 0.2) is 57.5 Å². The number of nitrogens with zero attached hydrogens (tertiary/aromatic N) is 2. The summed E-state index contributed by atoms with van der Waals surface area (Å²) >= 11 is 3.37. The quantitative estimate of drug-likeness (QED) is 0.602. The number of para-hydroxylation sites is 2. The number of rotatable bonds is 4. The summed E-state index contributed by atoms with van der Waals surface area (Å²) in [5.74, 6) is 1.19. The Morgan fingerprint density at radius 1 is 1.15 bits per heavy atom. The topological polar surface area (TPSA) is 83.7 Å². The van der Waals surface area contributed by atoms with Crippen LogP contribution in [-0.4, -0.2) is 28.8 Å². The van der Waals surface area contributed by atoms with Gasteiger partial charge in [-0.2, -0.15) is 4.98 Å². The second kappa shape index (κ2) is 7.17. The minimum Gasteiger partial charge on any atom is -0.485 e. The molecule has 4 rings (SSSR count). The van der Waals surface area contributed by atoms with Crippen LogP contribution < -0.4 is 9.47 Å². The molecule has 0 radical (unpaired) electrons. The number of esters is 1. The predicted octanol–water partition coefficient (Wildman–Crippen LogP) is 3.38. The highest BCUT2D eigenvalue weighted by Gasteiger charge is 2.29. The molecule has 1 aliphatic rings. The van der Waals surface area contributed by atoms with E-state index in [2.05, 4.69) is 26.1 Å². The standard InChI is InChI=1S/C18H13BrN2O5/c19-12-7-5-11(6-8-12)17-20-16(26-21-17)10-24-18(22)15-9-23-13-3-1-2-4-14(13)25-15/h1-8,15H,9-10H2/t15-/m1/s1. The van der Waals surface area contributed by atoms with Crippen LogP contribution in [0.25, 0.3) is 11.4 Å². The van der Waals surface area contributed by atoms with Gasteiger partial charge in [-0.1, -0.05) is 33.2 Å². The van der Waals surface area contributed by atoms with E-state index in [0.717, 1.165) is 10.0 Å². The fraction of sp³-hybridized carbons (Fsp3) is 0.167. The Morgan fingerprint density at radius 2 is 1.92 bits per heavy atom. The van der Waals surface area contributed by atoms with Crippen LogP contribution in [0.1, 0.15) is 5.89 Å². The Bertz CT molecular complexity index is 925. The fourth-order valence-electron chi connectivity index (χ4n) is 2.39. The Balaban J connectivity index is 1.36. The monoisotopic (exact) mass is 416 g/mol. The minimum absolute atomic E-state index is 0.0871. The zero-order chi connectivity index (χ0) is 17.9. The van der Waals surface area contributed by atoms with Crippen molar-refractivity contribution in [1.82, 2.24) is 10.1 Å². The van der Waals surface area contributed by atoms with Crippen LogP contribution in [0, 0.1) is 0 Å². The number of ether oxygens (including phenoxy) is 3. The number of halogens is 1. The molecule has 0 aliphatic carbocycles. The molecule has 2 aromatic carbocycles. The van der Waals surface area contributed by atoms with E-state index in [9.17, 15) is 4.79 Å². The van der Waals surface area contributed by atoms with Gasteiger partial charge in [0.25, 0.3) is 5.89 Å². The van der Waals surface area contributed by atoms with Crippen molar-refractivity contribution in [2.45, 2.75) is 12.7 Å². The van der Waals surface area contributed by atoms with Crippen LogP contribution in [0.2, 0.25) is 0 Å². The third-order valence-corrected chi connectivity index (χ3v) is 4.21. The first-order valence-electron chi connectivity index (χ1n) is 7.83. The lowest BCUT2D eigenvalue weighted by molar-refractivity contribution is -0.156. The summed E-state index contributed by atoms with van der Waals surface area (Å²) in [4.78, 5) is 16.4. The van der Waals surface area contributed by atoms with Gasteiger partial charge in [-0.3, -0.25) is 0 Å². The van der Waals surface area contributed by atoms with Gasteiger partial charge in [0, 0.05) is 10.0 Å². The third kappa shape index (κ3) is 3.55. The van der Waals surface area contributed by atoms with Gasteiger partial charge in [-0.05, 0) is 36.4 Å². The van der Waals surface area contributed by atoms with Crippen molar-refractivity contribution in [3.63, 3.8) is 0 Å². The molecule has 1 aromatic heterocycles. The van der Waals surface area contributed by atoms with Crippen molar-refractivity contribution < 1.29 is 23.5 Å². The average molecular weight is 417 g/mol. The van der Waals surface area contributed by atoms with Crippen LogP contribution in [0.5, 0.6) is 11.5 Å². The van der Waals surface area contributed by atoms with Gasteiger partial charge >= 0.3 is 5.97 Å². The van der Waals surface area contributed by atoms with E-state index in [1.165, 1.54) is 0 Å². The van der Waals surface area contributed by atoms with Crippen LogP contribution in [-0.2, 0) is 16.1 Å². The van der Waals surface area contributed by atoms with E-state index in [1.807, 2.05) is 30.3 Å². The second-order valence-corrected chi connectivity index (χ2v) is 6.41. The maximum atomic E-state index is 12.2. The molecule has 0 bridgehead atoms. The minimum atomic E-state index is -0.834. The fourth-order valence-corrected chi connectivity index (χ4v) is 2.66. The van der Waals surface area contributed by atoms with Crippen molar-refractivity contribution in [3.05, 3.63) is 58.9 Å². The van der Waals surface area contributed by atoms with Gasteiger partial charge in [0.05, 0.1) is 0 Å². The Hall–Kier alpha value is -2.87. The summed E-state index contributed by atoms with van der Waals surface area (Å²) in [6.45, 7) is -0.0479. The molecule has 0 fully saturated rings. The van der Waals surface area contributed by atoms with Gasteiger partial charge in [-0.15, -0.1) is 0 Å². The third-order valence-electron chi connectivity index (χ3n) is 3.68. The lowest BCUT2D eigenvalue weighted by atomic mass is 10.2. The molecule has 1 aliphatic heterocycles. The highest BCUT2D eigenvalue weighted by molar-refractivity contribution is 9.10. The number of hydrogen-bond donors (Lipinski definition) is 0. The molecule has 7 nitrogen and oxygen atoms in total. The molecule has 3 aromatic rings. The first-order valence-corrected chi connectivity index (χ1v) is 8.62. The highest BCUT2D eigenvalue weighted by Crippen LogP contribution is 2.31. The van der Waals surface area contributed by atoms with E-state index in [1.54, 1.807) is 18.2 Å². The summed E-state index contributed by atoms with van der Waals surface area (Å²) in [5, 5.41) is 3.89. The molecule has 8 heteroatoms. The lowest BCUT2D eigenvalue weighted by Gasteiger charge is -2.24. The summed E-state index contributed by atoms with van der Waals surface area (Å²) in [6.07, 6.45) is -0.834. The molecule has 0 spiro atoms. The number of hydrogen-bond acceptors (Lipinski definition) is 7. The van der Waals surface area contributed by atoms with E-state index >= 15 is 0 Å². The second-order valence-electron chi connectivity index (χ2n) is 5.49. The van der Waals surface area contributed by atoms with Gasteiger partial charge in [-0.25, -0.2) is 4.79 Å². The average Bonchev–Trinajstić information content (AvgIpc) is 3.15. The zero-order valence-corrected chi connectivity index (χ0v) is 15.0. The molecular weight excluding hydrogens is 404 g/mol. The molecule has 0 unspecified atom stereocenters. The largest absolute Gasteiger partial charge is 0.485 e. The lowest BCUT2D eigenvalue weighted by Crippen LogP contribution is -2.37. The first-order chi connectivity index (χ1) is 12.7. The van der Waals surface area contributed by atoms with Crippen molar-refractivity contribution >= 4 is 21.9 Å². The smallest absolute Gasteiger partial charge is 0.351 e. The van der Waals surface area contributed by atoms with Crippen LogP contribution in [0.4, 0.5) is 0 Å². The molecular formula is C18H13BrN2O5. The summed E-state index contributed by atoms with van der Waals surface area (Å²) in [5.41, 5.74) is 0.801. The molecule has 132 valence electrons. The van der Waals surface area contributed by atoms with Crippen molar-refractivity contribution in [1.29, 1.82) is 0 Å². The Kier molecular flexibility index (Phi) is 4.57. The van der Waals surface area contributed by atoms with E-state index in [4.69, 9.17) is 18.7 Å². The molecule has 0 saturated heterocycles. The van der Waals surface area contributed by atoms with Crippen LogP contribution >= 0.6 is 15.9 Å². The van der Waals surface area contributed by atoms with Gasteiger partial charge in [0.1, 0.15) is 6.61 Å². The van der Waals surface area contributed by atoms with Crippen LogP contribution in [0.3, 0.4) is 0 Å². The summed E-state index contributed by atoms with van der Waals surface area (Å²) in [7, 11) is 0. The molecule has 1 atom stereocenters. The normalized spacial score (nSPS) is 15.5.